The van der Waals surface area contributed by atoms with Crippen molar-refractivity contribution in [3.63, 3.8) is 0 Å². The highest BCUT2D eigenvalue weighted by Gasteiger charge is 2.42. The minimum absolute atomic E-state index is 0.252. The Kier molecular flexibility index (Phi) is 2.98. The molecular weight excluding hydrogens is 284 g/mol. The van der Waals surface area contributed by atoms with Crippen molar-refractivity contribution in [3.05, 3.63) is 64.7 Å². The van der Waals surface area contributed by atoms with E-state index in [2.05, 4.69) is 4.90 Å². The van der Waals surface area contributed by atoms with Gasteiger partial charge < -0.3 is 5.11 Å². The second-order valence-electron chi connectivity index (χ2n) is 6.33. The lowest BCUT2D eigenvalue weighted by molar-refractivity contribution is 0.190. The van der Waals surface area contributed by atoms with Crippen LogP contribution in [0.3, 0.4) is 0 Å². The maximum atomic E-state index is 13.8. The van der Waals surface area contributed by atoms with E-state index in [0.29, 0.717) is 0 Å². The first kappa shape index (κ1) is 13.7. The number of phenolic OH excluding ortho intramolecular Hbond substituents is 1. The summed E-state index contributed by atoms with van der Waals surface area (Å²) in [6, 6.07) is 9.70. The third-order valence-electron chi connectivity index (χ3n) is 5.18. The van der Waals surface area contributed by atoms with E-state index in [-0.39, 0.29) is 11.2 Å². The third-order valence-corrected chi connectivity index (χ3v) is 5.18. The van der Waals surface area contributed by atoms with Crippen molar-refractivity contribution in [3.8, 4) is 5.75 Å². The molecule has 5 rings (SSSR count). The van der Waals surface area contributed by atoms with E-state index in [0.717, 1.165) is 49.2 Å². The number of rotatable bonds is 1. The molecule has 1 N–H and O–H groups in total. The molecule has 2 aromatic rings. The average molecular weight is 301 g/mol. The summed E-state index contributed by atoms with van der Waals surface area (Å²) in [6.07, 6.45) is 1.77. The van der Waals surface area contributed by atoms with E-state index < -0.39 is 11.6 Å². The molecule has 22 heavy (non-hydrogen) atoms. The lowest BCUT2D eigenvalue weighted by atomic mass is 9.68. The summed E-state index contributed by atoms with van der Waals surface area (Å²) in [5.41, 5.74) is 2.76. The highest BCUT2D eigenvalue weighted by molar-refractivity contribution is 5.48. The van der Waals surface area contributed by atoms with Crippen LogP contribution < -0.4 is 0 Å². The van der Waals surface area contributed by atoms with Crippen LogP contribution in [0.15, 0.2) is 36.4 Å². The summed E-state index contributed by atoms with van der Waals surface area (Å²) in [4.78, 5) is 2.35. The largest absolute Gasteiger partial charge is 0.508 e. The van der Waals surface area contributed by atoms with Gasteiger partial charge in [0.15, 0.2) is 11.6 Å². The van der Waals surface area contributed by atoms with Crippen molar-refractivity contribution in [2.24, 2.45) is 0 Å². The van der Waals surface area contributed by atoms with Gasteiger partial charge in [-0.15, -0.1) is 0 Å². The van der Waals surface area contributed by atoms with Crippen LogP contribution in [0.2, 0.25) is 0 Å². The number of hydrogen-bond donors (Lipinski definition) is 1. The molecule has 114 valence electrons. The highest BCUT2D eigenvalue weighted by Crippen LogP contribution is 2.47. The Morgan fingerprint density at radius 3 is 2.45 bits per heavy atom. The molecular formula is C18H17F2NO. The molecule has 2 bridgehead atoms. The summed E-state index contributed by atoms with van der Waals surface area (Å²) in [5, 5.41) is 9.78. The Bertz CT molecular complexity index is 736. The predicted molar refractivity (Wildman–Crippen MR) is 79.8 cm³/mol. The topological polar surface area (TPSA) is 23.5 Å². The van der Waals surface area contributed by atoms with Crippen LogP contribution in [0.4, 0.5) is 8.78 Å². The first-order chi connectivity index (χ1) is 10.6. The van der Waals surface area contributed by atoms with Gasteiger partial charge >= 0.3 is 0 Å². The minimum Gasteiger partial charge on any atom is -0.508 e. The van der Waals surface area contributed by atoms with Gasteiger partial charge in [-0.25, -0.2) is 8.78 Å². The molecule has 0 radical (unpaired) electrons. The van der Waals surface area contributed by atoms with Crippen molar-refractivity contribution in [2.75, 3.05) is 13.1 Å². The molecule has 0 atom stereocenters. The molecule has 2 aromatic carbocycles. The van der Waals surface area contributed by atoms with Gasteiger partial charge in [-0.05, 0) is 66.9 Å². The normalized spacial score (nSPS) is 26.5. The maximum Gasteiger partial charge on any atom is 0.159 e. The molecule has 3 aliphatic heterocycles. The lowest BCUT2D eigenvalue weighted by Crippen LogP contribution is -2.39. The summed E-state index contributed by atoms with van der Waals surface area (Å²) >= 11 is 0. The van der Waals surface area contributed by atoms with E-state index in [1.165, 1.54) is 12.1 Å². The average Bonchev–Trinajstić information content (AvgIpc) is 2.76. The second kappa shape index (κ2) is 4.78. The smallest absolute Gasteiger partial charge is 0.159 e. The van der Waals surface area contributed by atoms with E-state index in [9.17, 15) is 13.9 Å². The Morgan fingerprint density at radius 1 is 0.955 bits per heavy atom. The number of hydrogen-bond acceptors (Lipinski definition) is 2. The lowest BCUT2D eigenvalue weighted by Gasteiger charge is -2.39. The number of nitrogens with zero attached hydrogens (tertiary/aromatic N) is 1. The molecule has 0 aliphatic carbocycles. The van der Waals surface area contributed by atoms with Gasteiger partial charge in [0, 0.05) is 12.0 Å². The fourth-order valence-electron chi connectivity index (χ4n) is 4.02. The number of halogens is 2. The molecule has 0 amide bonds. The minimum atomic E-state index is -0.808. The van der Waals surface area contributed by atoms with Gasteiger partial charge in [0.25, 0.3) is 0 Å². The van der Waals surface area contributed by atoms with Crippen LogP contribution in [0.25, 0.3) is 0 Å². The van der Waals surface area contributed by atoms with Gasteiger partial charge in [0.2, 0.25) is 0 Å². The van der Waals surface area contributed by atoms with Gasteiger partial charge in [0.05, 0.1) is 0 Å². The molecule has 3 heterocycles. The first-order valence-corrected chi connectivity index (χ1v) is 7.59. The zero-order valence-corrected chi connectivity index (χ0v) is 12.1. The number of fused-ring (bicyclic) bond motifs is 2. The summed E-state index contributed by atoms with van der Waals surface area (Å²) in [6.45, 7) is 2.65. The standard InChI is InChI=1S/C18H17F2NO/c19-16-4-1-13(10-17(16)20)18-5-7-21(8-6-18)11-12-9-14(22)2-3-15(12)18/h1-4,9-10,22H,5-8,11H2. The van der Waals surface area contributed by atoms with E-state index in [1.54, 1.807) is 18.2 Å². The fourth-order valence-corrected chi connectivity index (χ4v) is 4.02. The molecule has 1 fully saturated rings. The molecule has 0 unspecified atom stereocenters. The van der Waals surface area contributed by atoms with Crippen molar-refractivity contribution < 1.29 is 13.9 Å². The Labute approximate surface area is 128 Å². The van der Waals surface area contributed by atoms with Crippen LogP contribution in [-0.4, -0.2) is 23.1 Å². The van der Waals surface area contributed by atoms with Crippen LogP contribution in [0.5, 0.6) is 5.75 Å². The summed E-state index contributed by atoms with van der Waals surface area (Å²) in [7, 11) is 0. The van der Waals surface area contributed by atoms with Crippen LogP contribution in [0.1, 0.15) is 29.5 Å². The number of aromatic hydroxyl groups is 1. The van der Waals surface area contributed by atoms with E-state index >= 15 is 0 Å². The Morgan fingerprint density at radius 2 is 1.73 bits per heavy atom. The molecule has 1 saturated heterocycles. The molecule has 0 saturated carbocycles. The molecule has 3 aliphatic rings. The van der Waals surface area contributed by atoms with Crippen molar-refractivity contribution in [2.45, 2.75) is 24.8 Å². The van der Waals surface area contributed by atoms with Crippen LogP contribution in [0, 0.1) is 11.6 Å². The SMILES string of the molecule is Oc1ccc2c(c1)CN1CCC2(c2ccc(F)c(F)c2)CC1. The Hall–Kier alpha value is -1.94. The fraction of sp³-hybridized carbons (Fsp3) is 0.333. The third kappa shape index (κ3) is 1.94. The molecule has 2 nitrogen and oxygen atoms in total. The zero-order chi connectivity index (χ0) is 15.3. The maximum absolute atomic E-state index is 13.8. The summed E-state index contributed by atoms with van der Waals surface area (Å²) < 4.78 is 27.1. The van der Waals surface area contributed by atoms with Gasteiger partial charge in [-0.2, -0.15) is 0 Å². The number of piperidine rings is 1. The highest BCUT2D eigenvalue weighted by atomic mass is 19.2. The van der Waals surface area contributed by atoms with Crippen molar-refractivity contribution in [1.82, 2.24) is 4.90 Å². The van der Waals surface area contributed by atoms with E-state index in [1.807, 2.05) is 6.07 Å². The van der Waals surface area contributed by atoms with Gasteiger partial charge in [-0.1, -0.05) is 12.1 Å². The van der Waals surface area contributed by atoms with Crippen LogP contribution >= 0.6 is 0 Å². The van der Waals surface area contributed by atoms with Gasteiger partial charge in [0.1, 0.15) is 5.75 Å². The number of benzene rings is 2. The van der Waals surface area contributed by atoms with Crippen molar-refractivity contribution in [1.29, 1.82) is 0 Å². The quantitative estimate of drug-likeness (QED) is 0.870. The second-order valence-corrected chi connectivity index (χ2v) is 6.33. The molecule has 0 aromatic heterocycles. The van der Waals surface area contributed by atoms with E-state index in [4.69, 9.17) is 0 Å². The van der Waals surface area contributed by atoms with Crippen molar-refractivity contribution >= 4 is 0 Å². The van der Waals surface area contributed by atoms with Crippen LogP contribution in [-0.2, 0) is 12.0 Å². The summed E-state index contributed by atoms with van der Waals surface area (Å²) in [5.74, 6) is -1.35. The molecule has 0 spiro atoms. The predicted octanol–water partition coefficient (Wildman–Crippen LogP) is 3.57. The first-order valence-electron chi connectivity index (χ1n) is 7.59. The monoisotopic (exact) mass is 301 g/mol. The zero-order valence-electron chi connectivity index (χ0n) is 12.1. The number of phenols is 1. The molecule has 4 heteroatoms. The Balaban J connectivity index is 1.94. The van der Waals surface area contributed by atoms with Gasteiger partial charge in [-0.3, -0.25) is 4.90 Å².